The zero-order chi connectivity index (χ0) is 16.9. The minimum Gasteiger partial charge on any atom is -0.744 e. The van der Waals surface area contributed by atoms with E-state index in [4.69, 9.17) is 9.11 Å². The number of fused-ring (bicyclic) bond motifs is 1. The molecule has 2 rings (SSSR count). The van der Waals surface area contributed by atoms with Gasteiger partial charge in [-0.3, -0.25) is 9.11 Å². The Morgan fingerprint density at radius 3 is 1.74 bits per heavy atom. The molecule has 0 aromatic heterocycles. The second-order valence-corrected chi connectivity index (χ2v) is 8.40. The summed E-state index contributed by atoms with van der Waals surface area (Å²) >= 11 is 0. The topological polar surface area (TPSA) is 166 Å². The Labute approximate surface area is 153 Å². The van der Waals surface area contributed by atoms with Crippen molar-refractivity contribution in [3.8, 4) is 0 Å². The maximum Gasteiger partial charge on any atom is 1.00 e. The van der Waals surface area contributed by atoms with Crippen LogP contribution in [0.2, 0.25) is 0 Å². The second kappa shape index (κ2) is 6.38. The molecule has 9 nitrogen and oxygen atoms in total. The Bertz CT molecular complexity index is 1080. The predicted molar refractivity (Wildman–Crippen MR) is 71.5 cm³/mol. The standard InChI is InChI=1S/C10H8O9S3.Na/c11-20(12,13)7-1-2-9-6(3-7)4-8(21(14,15)16)5-10(9)22(17,18)19;/h1-5H,(H,11,12,13)(H,14,15,16)(H,17,18,19);/q;+1/p-1. The molecule has 0 aliphatic carbocycles. The van der Waals surface area contributed by atoms with Crippen LogP contribution in [0.3, 0.4) is 0 Å². The maximum atomic E-state index is 11.3. The van der Waals surface area contributed by atoms with Crippen LogP contribution in [0.1, 0.15) is 0 Å². The van der Waals surface area contributed by atoms with E-state index in [2.05, 4.69) is 0 Å². The van der Waals surface area contributed by atoms with Crippen LogP contribution in [0.4, 0.5) is 0 Å². The van der Waals surface area contributed by atoms with Crippen LogP contribution in [0.5, 0.6) is 0 Å². The van der Waals surface area contributed by atoms with Gasteiger partial charge in [-0.2, -0.15) is 16.8 Å². The van der Waals surface area contributed by atoms with Crippen LogP contribution in [0.15, 0.2) is 45.0 Å². The quantitative estimate of drug-likeness (QED) is 0.417. The summed E-state index contributed by atoms with van der Waals surface area (Å²) in [4.78, 5) is -2.48. The SMILES string of the molecule is O=S(=O)([O-])c1cc(S(=O)(=O)O)c2ccc(S(=O)(=O)O)cc2c1.[Na+]. The molecule has 13 heteroatoms. The number of benzene rings is 2. The van der Waals surface area contributed by atoms with Gasteiger partial charge in [0.05, 0.1) is 9.79 Å². The molecule has 120 valence electrons. The Morgan fingerprint density at radius 2 is 1.30 bits per heavy atom. The van der Waals surface area contributed by atoms with Gasteiger partial charge in [0.1, 0.15) is 15.0 Å². The average molecular weight is 390 g/mol. The molecule has 0 bridgehead atoms. The van der Waals surface area contributed by atoms with E-state index in [1.54, 1.807) is 0 Å². The third kappa shape index (κ3) is 4.49. The van der Waals surface area contributed by atoms with Crippen molar-refractivity contribution >= 4 is 41.1 Å². The zero-order valence-corrected chi connectivity index (χ0v) is 15.8. The molecule has 2 N–H and O–H groups in total. The zero-order valence-electron chi connectivity index (χ0n) is 11.4. The Balaban J connectivity index is 0.00000264. The molecular formula is C10H7NaO9S3. The van der Waals surface area contributed by atoms with Gasteiger partial charge in [0.15, 0.2) is 0 Å². The van der Waals surface area contributed by atoms with Gasteiger partial charge in [0.2, 0.25) is 0 Å². The van der Waals surface area contributed by atoms with Crippen LogP contribution < -0.4 is 29.6 Å². The molecule has 0 amide bonds. The van der Waals surface area contributed by atoms with E-state index in [1.165, 1.54) is 0 Å². The molecule has 23 heavy (non-hydrogen) atoms. The fourth-order valence-corrected chi connectivity index (χ4v) is 3.67. The largest absolute Gasteiger partial charge is 1.00 e. The third-order valence-corrected chi connectivity index (χ3v) is 5.28. The molecule has 0 heterocycles. The predicted octanol–water partition coefficient (Wildman–Crippen LogP) is -2.76. The van der Waals surface area contributed by atoms with E-state index in [9.17, 15) is 29.8 Å². The summed E-state index contributed by atoms with van der Waals surface area (Å²) in [6.07, 6.45) is 0. The summed E-state index contributed by atoms with van der Waals surface area (Å²) in [6, 6.07) is 3.78. The summed E-state index contributed by atoms with van der Waals surface area (Å²) in [5, 5.41) is -0.498. The van der Waals surface area contributed by atoms with Crippen molar-refractivity contribution in [1.82, 2.24) is 0 Å². The van der Waals surface area contributed by atoms with Gasteiger partial charge in [-0.15, -0.1) is 0 Å². The summed E-state index contributed by atoms with van der Waals surface area (Å²) in [5.74, 6) is 0. The van der Waals surface area contributed by atoms with Gasteiger partial charge < -0.3 is 4.55 Å². The summed E-state index contributed by atoms with van der Waals surface area (Å²) in [7, 11) is -14.6. The normalized spacial score (nSPS) is 12.8. The Kier molecular flexibility index (Phi) is 5.68. The van der Waals surface area contributed by atoms with Crippen molar-refractivity contribution in [2.24, 2.45) is 0 Å². The second-order valence-electron chi connectivity index (χ2n) is 4.21. The third-order valence-electron chi connectivity index (χ3n) is 2.72. The molecule has 0 unspecified atom stereocenters. The van der Waals surface area contributed by atoms with Gasteiger partial charge >= 0.3 is 29.6 Å². The number of rotatable bonds is 3. The summed E-state index contributed by atoms with van der Waals surface area (Å²) in [6.45, 7) is 0. The van der Waals surface area contributed by atoms with E-state index < -0.39 is 45.0 Å². The van der Waals surface area contributed by atoms with Crippen molar-refractivity contribution < 1.29 is 68.5 Å². The maximum absolute atomic E-state index is 11.3. The van der Waals surface area contributed by atoms with Crippen molar-refractivity contribution in [3.63, 3.8) is 0 Å². The van der Waals surface area contributed by atoms with Crippen molar-refractivity contribution in [2.75, 3.05) is 0 Å². The van der Waals surface area contributed by atoms with Gasteiger partial charge in [-0.05, 0) is 29.7 Å². The van der Waals surface area contributed by atoms with Crippen molar-refractivity contribution in [3.05, 3.63) is 30.3 Å². The molecule has 0 saturated heterocycles. The number of hydrogen-bond donors (Lipinski definition) is 2. The minimum atomic E-state index is -5.06. The van der Waals surface area contributed by atoms with Crippen LogP contribution >= 0.6 is 0 Å². The molecule has 2 aromatic carbocycles. The van der Waals surface area contributed by atoms with Crippen LogP contribution in [0.25, 0.3) is 10.8 Å². The van der Waals surface area contributed by atoms with E-state index in [0.717, 1.165) is 24.3 Å². The summed E-state index contributed by atoms with van der Waals surface area (Å²) in [5.41, 5.74) is 0. The summed E-state index contributed by atoms with van der Waals surface area (Å²) < 4.78 is 95.9. The monoisotopic (exact) mass is 390 g/mol. The first-order chi connectivity index (χ1) is 9.80. The molecule has 0 aliphatic rings. The molecule has 0 spiro atoms. The first-order valence-electron chi connectivity index (χ1n) is 5.29. The van der Waals surface area contributed by atoms with E-state index >= 15 is 0 Å². The smallest absolute Gasteiger partial charge is 0.744 e. The van der Waals surface area contributed by atoms with Gasteiger partial charge in [-0.1, -0.05) is 6.07 Å². The molecule has 0 atom stereocenters. The molecule has 2 aromatic rings. The van der Waals surface area contributed by atoms with Crippen molar-refractivity contribution in [2.45, 2.75) is 14.7 Å². The minimum absolute atomic E-state index is 0. The first-order valence-corrected chi connectivity index (χ1v) is 9.58. The Hall–Kier alpha value is -0.570. The van der Waals surface area contributed by atoms with E-state index in [0.29, 0.717) is 6.07 Å². The van der Waals surface area contributed by atoms with Crippen LogP contribution in [-0.2, 0) is 30.4 Å². The average Bonchev–Trinajstić information content (AvgIpc) is 2.33. The molecule has 0 fully saturated rings. The van der Waals surface area contributed by atoms with Gasteiger partial charge in [0, 0.05) is 5.39 Å². The van der Waals surface area contributed by atoms with E-state index in [1.807, 2.05) is 0 Å². The fourth-order valence-electron chi connectivity index (χ4n) is 1.80. The molecule has 0 aliphatic heterocycles. The molecule has 0 saturated carbocycles. The fraction of sp³-hybridized carbons (Fsp3) is 0. The van der Waals surface area contributed by atoms with E-state index in [-0.39, 0.29) is 40.3 Å². The van der Waals surface area contributed by atoms with Gasteiger partial charge in [0.25, 0.3) is 20.2 Å². The van der Waals surface area contributed by atoms with Crippen molar-refractivity contribution in [1.29, 1.82) is 0 Å². The first kappa shape index (κ1) is 20.5. The Morgan fingerprint density at radius 1 is 0.783 bits per heavy atom. The molecular weight excluding hydrogens is 383 g/mol. The number of hydrogen-bond acceptors (Lipinski definition) is 7. The van der Waals surface area contributed by atoms with Crippen LogP contribution in [0, 0.1) is 0 Å². The van der Waals surface area contributed by atoms with Crippen LogP contribution in [-0.4, -0.2) is 38.9 Å². The van der Waals surface area contributed by atoms with Gasteiger partial charge in [-0.25, -0.2) is 8.42 Å². The molecule has 0 radical (unpaired) electrons.